The minimum Gasteiger partial charge on any atom is -0.485 e. The van der Waals surface area contributed by atoms with Gasteiger partial charge in [0.2, 0.25) is 5.78 Å². The Bertz CT molecular complexity index is 611. The Morgan fingerprint density at radius 1 is 1.26 bits per heavy atom. The van der Waals surface area contributed by atoms with E-state index in [0.717, 1.165) is 5.56 Å². The third kappa shape index (κ3) is 3.32. The Kier molecular flexibility index (Phi) is 4.17. The number of hydrogen-bond acceptors (Lipinski definition) is 2. The van der Waals surface area contributed by atoms with Gasteiger partial charge in [0.1, 0.15) is 11.6 Å². The van der Waals surface area contributed by atoms with Crippen molar-refractivity contribution < 1.29 is 13.9 Å². The number of aryl methyl sites for hydroxylation is 1. The summed E-state index contributed by atoms with van der Waals surface area (Å²) < 4.78 is 18.8. The molecule has 0 aliphatic heterocycles. The van der Waals surface area contributed by atoms with Gasteiger partial charge < -0.3 is 4.74 Å². The van der Waals surface area contributed by atoms with Crippen molar-refractivity contribution >= 4 is 17.4 Å². The summed E-state index contributed by atoms with van der Waals surface area (Å²) in [6.45, 7) is 1.63. The lowest BCUT2D eigenvalue weighted by Crippen LogP contribution is -2.13. The van der Waals surface area contributed by atoms with Crippen LogP contribution in [0.1, 0.15) is 15.9 Å². The first-order chi connectivity index (χ1) is 9.08. The lowest BCUT2D eigenvalue weighted by atomic mass is 10.1. The molecule has 0 heterocycles. The second kappa shape index (κ2) is 5.85. The fourth-order valence-electron chi connectivity index (χ4n) is 1.64. The topological polar surface area (TPSA) is 26.3 Å². The molecule has 2 aromatic carbocycles. The highest BCUT2D eigenvalue weighted by molar-refractivity contribution is 6.30. The van der Waals surface area contributed by atoms with Crippen molar-refractivity contribution in [3.63, 3.8) is 0 Å². The zero-order chi connectivity index (χ0) is 13.8. The van der Waals surface area contributed by atoms with Crippen LogP contribution >= 0.6 is 11.6 Å². The fraction of sp³-hybridized carbons (Fsp3) is 0.133. The second-order valence-corrected chi connectivity index (χ2v) is 4.54. The molecule has 2 rings (SSSR count). The summed E-state index contributed by atoms with van der Waals surface area (Å²) in [6, 6.07) is 11.0. The molecule has 0 radical (unpaired) electrons. The highest BCUT2D eigenvalue weighted by Crippen LogP contribution is 2.22. The molecule has 19 heavy (non-hydrogen) atoms. The molecule has 0 N–H and O–H groups in total. The summed E-state index contributed by atoms with van der Waals surface area (Å²) in [4.78, 5) is 11.8. The molecule has 0 unspecified atom stereocenters. The molecular formula is C15H12ClFO2. The van der Waals surface area contributed by atoms with Crippen LogP contribution in [0.5, 0.6) is 5.75 Å². The summed E-state index contributed by atoms with van der Waals surface area (Å²) in [5.74, 6) is -0.423. The van der Waals surface area contributed by atoms with Crippen molar-refractivity contribution in [1.82, 2.24) is 0 Å². The second-order valence-electron chi connectivity index (χ2n) is 4.10. The maximum Gasteiger partial charge on any atom is 0.203 e. The number of hydrogen-bond donors (Lipinski definition) is 0. The quantitative estimate of drug-likeness (QED) is 0.789. The van der Waals surface area contributed by atoms with Gasteiger partial charge in [-0.05, 0) is 36.8 Å². The van der Waals surface area contributed by atoms with Crippen LogP contribution in [0.4, 0.5) is 4.39 Å². The molecule has 2 aromatic rings. The Balaban J connectivity index is 2.09. The third-order valence-electron chi connectivity index (χ3n) is 2.68. The maximum atomic E-state index is 13.4. The molecule has 98 valence electrons. The average molecular weight is 279 g/mol. The molecule has 0 bridgehead atoms. The molecule has 0 spiro atoms. The number of benzene rings is 2. The van der Waals surface area contributed by atoms with Crippen molar-refractivity contribution in [2.24, 2.45) is 0 Å². The maximum absolute atomic E-state index is 13.4. The van der Waals surface area contributed by atoms with Gasteiger partial charge >= 0.3 is 0 Å². The van der Waals surface area contributed by atoms with E-state index in [2.05, 4.69) is 0 Å². The van der Waals surface area contributed by atoms with E-state index in [9.17, 15) is 9.18 Å². The van der Waals surface area contributed by atoms with Gasteiger partial charge in [-0.25, -0.2) is 4.39 Å². The van der Waals surface area contributed by atoms with Gasteiger partial charge in [-0.1, -0.05) is 29.8 Å². The van der Waals surface area contributed by atoms with E-state index in [1.807, 2.05) is 6.92 Å². The minimum absolute atomic E-state index is 0.0298. The van der Waals surface area contributed by atoms with Crippen LogP contribution < -0.4 is 4.74 Å². The van der Waals surface area contributed by atoms with Crippen molar-refractivity contribution in [2.75, 3.05) is 6.61 Å². The lowest BCUT2D eigenvalue weighted by molar-refractivity contribution is 0.0917. The van der Waals surface area contributed by atoms with E-state index in [0.29, 0.717) is 10.8 Å². The van der Waals surface area contributed by atoms with Gasteiger partial charge in [0.05, 0.1) is 5.56 Å². The molecule has 0 amide bonds. The van der Waals surface area contributed by atoms with Gasteiger partial charge in [-0.15, -0.1) is 0 Å². The molecule has 0 atom stereocenters. The molecule has 0 aliphatic rings. The van der Waals surface area contributed by atoms with Crippen molar-refractivity contribution in [3.8, 4) is 5.75 Å². The van der Waals surface area contributed by atoms with Crippen LogP contribution in [0, 0.1) is 12.7 Å². The molecule has 0 saturated carbocycles. The normalized spacial score (nSPS) is 10.3. The van der Waals surface area contributed by atoms with E-state index in [-0.39, 0.29) is 12.2 Å². The molecule has 4 heteroatoms. The summed E-state index contributed by atoms with van der Waals surface area (Å²) in [6.07, 6.45) is 0. The molecule has 0 fully saturated rings. The highest BCUT2D eigenvalue weighted by Gasteiger charge is 2.12. The van der Waals surface area contributed by atoms with Gasteiger partial charge in [-0.2, -0.15) is 0 Å². The molecular weight excluding hydrogens is 267 g/mol. The predicted molar refractivity (Wildman–Crippen MR) is 72.4 cm³/mol. The van der Waals surface area contributed by atoms with Gasteiger partial charge in [-0.3, -0.25) is 4.79 Å². The van der Waals surface area contributed by atoms with Crippen molar-refractivity contribution in [1.29, 1.82) is 0 Å². The minimum atomic E-state index is -0.543. The fourth-order valence-corrected chi connectivity index (χ4v) is 1.80. The van der Waals surface area contributed by atoms with Gasteiger partial charge in [0.15, 0.2) is 6.61 Å². The molecule has 0 saturated heterocycles. The highest BCUT2D eigenvalue weighted by atomic mass is 35.5. The molecule has 2 nitrogen and oxygen atoms in total. The number of carbonyl (C=O) groups is 1. The van der Waals surface area contributed by atoms with Gasteiger partial charge in [0, 0.05) is 5.02 Å². The first kappa shape index (κ1) is 13.6. The zero-order valence-electron chi connectivity index (χ0n) is 10.3. The van der Waals surface area contributed by atoms with Crippen LogP contribution in [-0.4, -0.2) is 12.4 Å². The van der Waals surface area contributed by atoms with E-state index in [4.69, 9.17) is 16.3 Å². The first-order valence-electron chi connectivity index (χ1n) is 5.74. The van der Waals surface area contributed by atoms with Crippen LogP contribution in [0.15, 0.2) is 42.5 Å². The first-order valence-corrected chi connectivity index (χ1v) is 6.12. The van der Waals surface area contributed by atoms with Crippen molar-refractivity contribution in [3.05, 3.63) is 64.4 Å². The van der Waals surface area contributed by atoms with E-state index in [1.165, 1.54) is 18.2 Å². The standard InChI is InChI=1S/C15H12ClFO2/c1-10-6-7-11(16)8-15(10)19-9-14(18)12-4-2-3-5-13(12)17/h2-8H,9H2,1H3. The molecule has 0 aliphatic carbocycles. The van der Waals surface area contributed by atoms with Crippen molar-refractivity contribution in [2.45, 2.75) is 6.92 Å². The third-order valence-corrected chi connectivity index (χ3v) is 2.92. The number of Topliss-reactive ketones (excluding diaryl/α,β-unsaturated/α-hetero) is 1. The lowest BCUT2D eigenvalue weighted by Gasteiger charge is -2.09. The predicted octanol–water partition coefficient (Wildman–Crippen LogP) is 4.05. The number of halogens is 2. The Morgan fingerprint density at radius 2 is 2.00 bits per heavy atom. The summed E-state index contributed by atoms with van der Waals surface area (Å²) in [7, 11) is 0. The van der Waals surface area contributed by atoms with Crippen LogP contribution in [0.3, 0.4) is 0 Å². The summed E-state index contributed by atoms with van der Waals surface area (Å²) >= 11 is 5.85. The van der Waals surface area contributed by atoms with Crippen LogP contribution in [0.25, 0.3) is 0 Å². The van der Waals surface area contributed by atoms with Crippen LogP contribution in [0.2, 0.25) is 5.02 Å². The summed E-state index contributed by atoms with van der Waals surface area (Å²) in [5.41, 5.74) is 0.896. The van der Waals surface area contributed by atoms with E-state index >= 15 is 0 Å². The monoisotopic (exact) mass is 278 g/mol. The number of ketones is 1. The van der Waals surface area contributed by atoms with Gasteiger partial charge in [0.25, 0.3) is 0 Å². The summed E-state index contributed by atoms with van der Waals surface area (Å²) in [5, 5.41) is 0.527. The number of carbonyl (C=O) groups excluding carboxylic acids is 1. The van der Waals surface area contributed by atoms with E-state index < -0.39 is 11.6 Å². The Morgan fingerprint density at radius 3 is 2.74 bits per heavy atom. The van der Waals surface area contributed by atoms with E-state index in [1.54, 1.807) is 24.3 Å². The van der Waals surface area contributed by atoms with Crippen LogP contribution in [-0.2, 0) is 0 Å². The Hall–Kier alpha value is -1.87. The Labute approximate surface area is 115 Å². The smallest absolute Gasteiger partial charge is 0.203 e. The molecule has 0 aromatic heterocycles. The zero-order valence-corrected chi connectivity index (χ0v) is 11.1. The number of ether oxygens (including phenoxy) is 1. The number of rotatable bonds is 4. The SMILES string of the molecule is Cc1ccc(Cl)cc1OCC(=O)c1ccccc1F. The average Bonchev–Trinajstić information content (AvgIpc) is 2.40. The largest absolute Gasteiger partial charge is 0.485 e.